The van der Waals surface area contributed by atoms with Gasteiger partial charge >= 0.3 is 0 Å². The van der Waals surface area contributed by atoms with E-state index in [1.54, 1.807) is 14.2 Å². The van der Waals surface area contributed by atoms with Gasteiger partial charge in [0.2, 0.25) is 0 Å². The van der Waals surface area contributed by atoms with Gasteiger partial charge in [0.15, 0.2) is 5.96 Å². The normalized spacial score (nSPS) is 12.9. The number of rotatable bonds is 13. The van der Waals surface area contributed by atoms with Gasteiger partial charge in [0.1, 0.15) is 11.5 Å². The van der Waals surface area contributed by atoms with Crippen LogP contribution in [0.4, 0.5) is 0 Å². The summed E-state index contributed by atoms with van der Waals surface area (Å²) in [6.07, 6.45) is 3.78. The molecular formula is C24H40N4O3. The summed E-state index contributed by atoms with van der Waals surface area (Å²) >= 11 is 0. The highest BCUT2D eigenvalue weighted by Gasteiger charge is 2.11. The van der Waals surface area contributed by atoms with Gasteiger partial charge in [0.05, 0.1) is 19.7 Å². The number of guanidine groups is 1. The number of aliphatic imine (C=N–C) groups is 1. The fourth-order valence-electron chi connectivity index (χ4n) is 3.84. The maximum atomic E-state index is 9.32. The first-order chi connectivity index (χ1) is 15.0. The molecule has 0 amide bonds. The second-order valence-corrected chi connectivity index (χ2v) is 8.34. The first kappa shape index (κ1) is 24.9. The third-order valence-corrected chi connectivity index (χ3v) is 5.29. The lowest BCUT2D eigenvalue weighted by Gasteiger charge is -2.17. The van der Waals surface area contributed by atoms with Crippen LogP contribution in [0, 0.1) is 11.8 Å². The summed E-state index contributed by atoms with van der Waals surface area (Å²) in [5.41, 5.74) is 2.19. The molecule has 0 spiro atoms. The van der Waals surface area contributed by atoms with Crippen molar-refractivity contribution in [2.75, 3.05) is 40.5 Å². The molecular weight excluding hydrogens is 392 g/mol. The summed E-state index contributed by atoms with van der Waals surface area (Å²) in [5, 5.41) is 17.1. The van der Waals surface area contributed by atoms with Crippen LogP contribution in [-0.4, -0.2) is 56.5 Å². The summed E-state index contributed by atoms with van der Waals surface area (Å²) in [6.45, 7) is 9.11. The molecule has 174 valence electrons. The monoisotopic (exact) mass is 432 g/mol. The lowest BCUT2D eigenvalue weighted by molar-refractivity contribution is 0.245. The van der Waals surface area contributed by atoms with Gasteiger partial charge < -0.3 is 30.2 Å². The molecule has 7 heteroatoms. The Morgan fingerprint density at radius 2 is 1.97 bits per heavy atom. The minimum atomic E-state index is 0.220. The topological polar surface area (TPSA) is 90.9 Å². The Hall–Kier alpha value is -2.41. The molecule has 1 aromatic heterocycles. The number of H-pyrrole nitrogens is 1. The largest absolute Gasteiger partial charge is 0.497 e. The van der Waals surface area contributed by atoms with Crippen molar-refractivity contribution >= 4 is 16.9 Å². The van der Waals surface area contributed by atoms with Gasteiger partial charge in [-0.1, -0.05) is 13.8 Å². The standard InChI is InChI=1S/C24H40N4O3/c1-6-25-24(27-16-18(9-11-29)12-17(2)3)26-10-7-8-19-13-21-22(28-19)14-20(30-4)15-23(21)31-5/h13-15,17-18,28-29H,6-12,16H2,1-5H3,(H2,25,26,27). The zero-order valence-electron chi connectivity index (χ0n) is 19.8. The highest BCUT2D eigenvalue weighted by molar-refractivity contribution is 5.88. The maximum Gasteiger partial charge on any atom is 0.191 e. The predicted octanol–water partition coefficient (Wildman–Crippen LogP) is 3.72. The first-order valence-electron chi connectivity index (χ1n) is 11.4. The van der Waals surface area contributed by atoms with Crippen LogP contribution in [0.3, 0.4) is 0 Å². The number of aliphatic hydroxyl groups excluding tert-OH is 1. The maximum absolute atomic E-state index is 9.32. The first-order valence-corrected chi connectivity index (χ1v) is 11.4. The second-order valence-electron chi connectivity index (χ2n) is 8.34. The summed E-state index contributed by atoms with van der Waals surface area (Å²) in [5.74, 6) is 3.46. The smallest absolute Gasteiger partial charge is 0.191 e. The van der Waals surface area contributed by atoms with E-state index in [-0.39, 0.29) is 6.61 Å². The van der Waals surface area contributed by atoms with Crippen molar-refractivity contribution in [2.24, 2.45) is 16.8 Å². The number of aryl methyl sites for hydroxylation is 1. The fraction of sp³-hybridized carbons (Fsp3) is 0.625. The molecule has 0 fully saturated rings. The fourth-order valence-corrected chi connectivity index (χ4v) is 3.84. The summed E-state index contributed by atoms with van der Waals surface area (Å²) in [4.78, 5) is 8.22. The van der Waals surface area contributed by atoms with Gasteiger partial charge in [0.25, 0.3) is 0 Å². The van der Waals surface area contributed by atoms with Crippen LogP contribution in [0.1, 0.15) is 45.7 Å². The van der Waals surface area contributed by atoms with Crippen molar-refractivity contribution < 1.29 is 14.6 Å². The minimum absolute atomic E-state index is 0.220. The van der Waals surface area contributed by atoms with Gasteiger partial charge in [-0.05, 0) is 50.5 Å². The number of aromatic nitrogens is 1. The highest BCUT2D eigenvalue weighted by atomic mass is 16.5. The third-order valence-electron chi connectivity index (χ3n) is 5.29. The van der Waals surface area contributed by atoms with Crippen molar-refractivity contribution in [2.45, 2.75) is 46.5 Å². The number of aliphatic hydroxyl groups is 1. The molecule has 1 unspecified atom stereocenters. The molecule has 0 bridgehead atoms. The van der Waals surface area contributed by atoms with Gasteiger partial charge in [-0.15, -0.1) is 0 Å². The number of nitrogens with zero attached hydrogens (tertiary/aromatic N) is 1. The number of methoxy groups -OCH3 is 2. The molecule has 1 aromatic carbocycles. The van der Waals surface area contributed by atoms with Crippen LogP contribution >= 0.6 is 0 Å². The Balaban J connectivity index is 1.91. The zero-order valence-corrected chi connectivity index (χ0v) is 19.8. The van der Waals surface area contributed by atoms with Crippen molar-refractivity contribution in [1.82, 2.24) is 15.6 Å². The quantitative estimate of drug-likeness (QED) is 0.220. The van der Waals surface area contributed by atoms with Crippen LogP contribution in [-0.2, 0) is 6.42 Å². The molecule has 0 radical (unpaired) electrons. The van der Waals surface area contributed by atoms with Crippen LogP contribution in [0.25, 0.3) is 10.9 Å². The van der Waals surface area contributed by atoms with E-state index in [4.69, 9.17) is 14.5 Å². The third kappa shape index (κ3) is 7.98. The van der Waals surface area contributed by atoms with E-state index in [2.05, 4.69) is 42.5 Å². The number of fused-ring (bicyclic) bond motifs is 1. The van der Waals surface area contributed by atoms with E-state index in [1.165, 1.54) is 5.69 Å². The Morgan fingerprint density at radius 1 is 1.16 bits per heavy atom. The molecule has 0 aliphatic carbocycles. The molecule has 4 N–H and O–H groups in total. The lowest BCUT2D eigenvalue weighted by Crippen LogP contribution is -2.38. The average Bonchev–Trinajstić information content (AvgIpc) is 3.16. The Kier molecular flexibility index (Phi) is 10.5. The van der Waals surface area contributed by atoms with E-state index in [1.807, 2.05) is 12.1 Å². The van der Waals surface area contributed by atoms with Gasteiger partial charge in [0, 0.05) is 49.5 Å². The molecule has 2 aromatic rings. The van der Waals surface area contributed by atoms with Crippen molar-refractivity contribution in [3.05, 3.63) is 23.9 Å². The van der Waals surface area contributed by atoms with Gasteiger partial charge in [-0.2, -0.15) is 0 Å². The summed E-state index contributed by atoms with van der Waals surface area (Å²) in [6, 6.07) is 6.05. The summed E-state index contributed by atoms with van der Waals surface area (Å²) < 4.78 is 10.9. The number of ether oxygens (including phenoxy) is 2. The van der Waals surface area contributed by atoms with E-state index < -0.39 is 0 Å². The number of benzene rings is 1. The summed E-state index contributed by atoms with van der Waals surface area (Å²) in [7, 11) is 3.34. The number of hydrogen-bond donors (Lipinski definition) is 4. The van der Waals surface area contributed by atoms with E-state index in [0.717, 1.165) is 73.7 Å². The molecule has 1 heterocycles. The predicted molar refractivity (Wildman–Crippen MR) is 128 cm³/mol. The molecule has 7 nitrogen and oxygen atoms in total. The number of aromatic amines is 1. The number of nitrogens with one attached hydrogen (secondary N) is 3. The average molecular weight is 433 g/mol. The molecule has 0 saturated heterocycles. The van der Waals surface area contributed by atoms with Crippen molar-refractivity contribution in [3.8, 4) is 11.5 Å². The Labute approximate surface area is 186 Å². The van der Waals surface area contributed by atoms with Crippen LogP contribution < -0.4 is 20.1 Å². The van der Waals surface area contributed by atoms with E-state index in [0.29, 0.717) is 11.8 Å². The number of hydrogen-bond acceptors (Lipinski definition) is 4. The molecule has 1 atom stereocenters. The molecule has 0 saturated carbocycles. The van der Waals surface area contributed by atoms with Crippen molar-refractivity contribution in [3.63, 3.8) is 0 Å². The lowest BCUT2D eigenvalue weighted by atomic mass is 9.94. The molecule has 2 rings (SSSR count). The van der Waals surface area contributed by atoms with Crippen LogP contribution in [0.15, 0.2) is 23.2 Å². The van der Waals surface area contributed by atoms with Crippen molar-refractivity contribution in [1.29, 1.82) is 0 Å². The minimum Gasteiger partial charge on any atom is -0.497 e. The van der Waals surface area contributed by atoms with Gasteiger partial charge in [-0.3, -0.25) is 4.99 Å². The van der Waals surface area contributed by atoms with Crippen LogP contribution in [0.2, 0.25) is 0 Å². The Morgan fingerprint density at radius 3 is 2.61 bits per heavy atom. The molecule has 0 aliphatic rings. The zero-order chi connectivity index (χ0) is 22.6. The second kappa shape index (κ2) is 13.1. The Bertz CT molecular complexity index is 817. The molecule has 31 heavy (non-hydrogen) atoms. The van der Waals surface area contributed by atoms with E-state index in [9.17, 15) is 5.11 Å². The SMILES string of the molecule is CCNC(=NCC(CCO)CC(C)C)NCCCc1cc2c(OC)cc(OC)cc2[nH]1. The highest BCUT2D eigenvalue weighted by Crippen LogP contribution is 2.31. The van der Waals surface area contributed by atoms with Gasteiger partial charge in [-0.25, -0.2) is 0 Å². The molecule has 0 aliphatic heterocycles. The van der Waals surface area contributed by atoms with E-state index >= 15 is 0 Å². The van der Waals surface area contributed by atoms with Crippen LogP contribution in [0.5, 0.6) is 11.5 Å².